The van der Waals surface area contributed by atoms with E-state index in [1.807, 2.05) is 20.9 Å². The van der Waals surface area contributed by atoms with Crippen LogP contribution in [0, 0.1) is 13.8 Å². The topological polar surface area (TPSA) is 54.8 Å². The van der Waals surface area contributed by atoms with Crippen LogP contribution < -0.4 is 5.73 Å². The van der Waals surface area contributed by atoms with Crippen molar-refractivity contribution in [3.63, 3.8) is 0 Å². The monoisotopic (exact) mass is 447 g/mol. The summed E-state index contributed by atoms with van der Waals surface area (Å²) in [6.07, 6.45) is 2.55. The van der Waals surface area contributed by atoms with Crippen LogP contribution in [-0.4, -0.2) is 18.3 Å². The summed E-state index contributed by atoms with van der Waals surface area (Å²) in [5, 5.41) is 0. The maximum absolute atomic E-state index is 5.88. The molecule has 1 aliphatic heterocycles. The van der Waals surface area contributed by atoms with E-state index < -0.39 is 0 Å². The number of aliphatic imine (C=N–C) groups is 1. The van der Waals surface area contributed by atoms with Gasteiger partial charge in [-0.1, -0.05) is 18.8 Å². The predicted molar refractivity (Wildman–Crippen MR) is 50.0 cm³/mol. The van der Waals surface area contributed by atoms with Gasteiger partial charge in [-0.2, -0.15) is 0 Å². The molecule has 4 nitrogen and oxygen atoms in total. The third-order valence-electron chi connectivity index (χ3n) is 2.39. The van der Waals surface area contributed by atoms with Crippen molar-refractivity contribution in [1.82, 2.24) is 4.90 Å². The van der Waals surface area contributed by atoms with E-state index >= 15 is 0 Å². The second-order valence-electron chi connectivity index (χ2n) is 3.26. The molecule has 1 aromatic rings. The molecule has 1 unspecified atom stereocenters. The molecule has 0 radical (unpaired) electrons. The average Bonchev–Trinajstić information content (AvgIpc) is 2.38. The van der Waals surface area contributed by atoms with Gasteiger partial charge in [0.1, 0.15) is 6.17 Å². The Bertz CT molecular complexity index is 372. The molecule has 5 heteroatoms. The van der Waals surface area contributed by atoms with Gasteiger partial charge in [0.15, 0.2) is 0 Å². The Hall–Kier alpha value is -2.29. The molecular weight excluding hydrogens is 435 g/mol. The van der Waals surface area contributed by atoms with Crippen LogP contribution in [0.5, 0.6) is 0 Å². The number of nitrogens with zero attached hydrogens (tertiary/aromatic N) is 2. The largest absolute Gasteiger partial charge is 0.481 e. The maximum Gasteiger partial charge on any atom is 0.106 e. The SMILES string of the molecule is Cc1oc2c(c1C)N=[C-]N(C)C2N.[Hs]. The molecular formula is C9H12HsN3O-. The zero-order valence-corrected chi connectivity index (χ0v) is 15.2. The van der Waals surface area contributed by atoms with E-state index in [9.17, 15) is 0 Å². The normalized spacial score (nSPS) is 19.1. The van der Waals surface area contributed by atoms with Crippen LogP contribution in [0.2, 0.25) is 0 Å². The van der Waals surface area contributed by atoms with E-state index in [0.717, 1.165) is 22.8 Å². The van der Waals surface area contributed by atoms with E-state index in [4.69, 9.17) is 10.2 Å². The molecule has 1 aromatic heterocycles. The van der Waals surface area contributed by atoms with Crippen LogP contribution in [0.25, 0.3) is 0 Å². The van der Waals surface area contributed by atoms with Gasteiger partial charge in [0.2, 0.25) is 0 Å². The first-order valence-corrected chi connectivity index (χ1v) is 4.16. The molecule has 1 aliphatic rings. The molecule has 0 aromatic carbocycles. The molecule has 72 valence electrons. The Morgan fingerprint density at radius 3 is 2.79 bits per heavy atom. The zero-order valence-electron chi connectivity index (χ0n) is 8.66. The summed E-state index contributed by atoms with van der Waals surface area (Å²) in [5.41, 5.74) is 7.77. The van der Waals surface area contributed by atoms with Gasteiger partial charge < -0.3 is 20.0 Å². The molecule has 0 fully saturated rings. The summed E-state index contributed by atoms with van der Waals surface area (Å²) < 4.78 is 5.52. The van der Waals surface area contributed by atoms with Crippen LogP contribution in [0.1, 0.15) is 23.2 Å². The van der Waals surface area contributed by atoms with E-state index in [2.05, 4.69) is 11.3 Å². The van der Waals surface area contributed by atoms with Crippen molar-refractivity contribution in [2.75, 3.05) is 7.05 Å². The van der Waals surface area contributed by atoms with Crippen LogP contribution in [0.15, 0.2) is 9.41 Å². The fourth-order valence-electron chi connectivity index (χ4n) is 1.35. The Balaban J connectivity index is 0.000000980. The van der Waals surface area contributed by atoms with Gasteiger partial charge in [-0.3, -0.25) is 0 Å². The van der Waals surface area contributed by atoms with Crippen molar-refractivity contribution < 1.29 is 4.42 Å². The Labute approximate surface area is 77.0 Å². The van der Waals surface area contributed by atoms with Crippen molar-refractivity contribution in [2.24, 2.45) is 10.7 Å². The number of nitrogens with two attached hydrogens (primary N) is 1. The third-order valence-corrected chi connectivity index (χ3v) is 2.39. The molecule has 1 atom stereocenters. The molecule has 14 heavy (non-hydrogen) atoms. The van der Waals surface area contributed by atoms with Crippen molar-refractivity contribution in [1.29, 1.82) is 0 Å². The van der Waals surface area contributed by atoms with E-state index in [1.54, 1.807) is 4.90 Å². The molecule has 0 spiro atoms. The maximum atomic E-state index is 5.88. The first-order valence-electron chi connectivity index (χ1n) is 4.16. The van der Waals surface area contributed by atoms with Crippen LogP contribution in [0.3, 0.4) is 0 Å². The van der Waals surface area contributed by atoms with Gasteiger partial charge in [0.25, 0.3) is 0 Å². The zero-order chi connectivity index (χ0) is 9.59. The molecule has 2 N–H and O–H groups in total. The van der Waals surface area contributed by atoms with Gasteiger partial charge in [-0.25, -0.2) is 0 Å². The first kappa shape index (κ1) is 9.80. The summed E-state index contributed by atoms with van der Waals surface area (Å²) in [5.74, 6) is 1.61. The van der Waals surface area contributed by atoms with Crippen molar-refractivity contribution in [3.8, 4) is 0 Å². The first-order chi connectivity index (χ1) is 6.11. The summed E-state index contributed by atoms with van der Waals surface area (Å²) >= 11 is 0. The quantitative estimate of drug-likeness (QED) is 0.611. The smallest absolute Gasteiger partial charge is 0.106 e. The average molecular weight is 447 g/mol. The summed E-state index contributed by atoms with van der Waals surface area (Å²) in [6.45, 7) is 3.89. The van der Waals surface area contributed by atoms with E-state index in [1.165, 1.54) is 0 Å². The number of fused-ring (bicyclic) bond motifs is 1. The number of aryl methyl sites for hydroxylation is 1. The fraction of sp³-hybridized carbons (Fsp3) is 0.444. The number of rotatable bonds is 0. The molecule has 2 rings (SSSR count). The van der Waals surface area contributed by atoms with E-state index in [0.29, 0.717) is 0 Å². The second kappa shape index (κ2) is 2.88. The summed E-state index contributed by atoms with van der Waals surface area (Å²) in [7, 11) is 1.82. The fourth-order valence-corrected chi connectivity index (χ4v) is 1.35. The summed E-state index contributed by atoms with van der Waals surface area (Å²) in [6, 6.07) is 0. The Kier molecular flexibility index (Phi) is 2.02. The number of hydrogen-bond donors (Lipinski definition) is 1. The van der Waals surface area contributed by atoms with Gasteiger partial charge in [-0.05, 0) is 19.7 Å². The molecule has 0 saturated carbocycles. The van der Waals surface area contributed by atoms with Crippen LogP contribution in [0.4, 0.5) is 5.69 Å². The Morgan fingerprint density at radius 2 is 2.14 bits per heavy atom. The van der Waals surface area contributed by atoms with Crippen molar-refractivity contribution in [3.05, 3.63) is 17.1 Å². The second-order valence-corrected chi connectivity index (χ2v) is 3.26. The minimum Gasteiger partial charge on any atom is -0.481 e. The van der Waals surface area contributed by atoms with Gasteiger partial charge >= 0.3 is 0 Å². The van der Waals surface area contributed by atoms with Crippen molar-refractivity contribution >= 4 is 12.0 Å². The molecule has 2 heterocycles. The minimum absolute atomic E-state index is 0. The van der Waals surface area contributed by atoms with Gasteiger partial charge in [0.05, 0.1) is 11.5 Å². The standard InChI is InChI=1S/C9H12N3O.Hs/c1-5-6(2)13-8-7(5)11-4-12(3)9(8)10;/h9H,10H2,1-3H3;/q-1;. The molecule has 0 aliphatic carbocycles. The Morgan fingerprint density at radius 1 is 1.50 bits per heavy atom. The van der Waals surface area contributed by atoms with Crippen molar-refractivity contribution in [2.45, 2.75) is 20.0 Å². The summed E-state index contributed by atoms with van der Waals surface area (Å²) in [4.78, 5) is 5.85. The van der Waals surface area contributed by atoms with Gasteiger partial charge in [0, 0.05) is 0 Å². The minimum atomic E-state index is -0.264. The molecule has 0 amide bonds. The van der Waals surface area contributed by atoms with Crippen LogP contribution >= 0.6 is 0 Å². The van der Waals surface area contributed by atoms with Gasteiger partial charge in [-0.15, -0.1) is 0 Å². The third kappa shape index (κ3) is 1.03. The van der Waals surface area contributed by atoms with E-state index in [-0.39, 0.29) is 6.17 Å². The molecule has 0 bridgehead atoms. The number of hydrogen-bond acceptors (Lipinski definition) is 4. The predicted octanol–water partition coefficient (Wildman–Crippen LogP) is 1.34. The molecule has 0 saturated heterocycles. The van der Waals surface area contributed by atoms with Crippen LogP contribution in [-0.2, 0) is 0 Å². The number of furan rings is 1.